The molecule has 2 fully saturated rings. The lowest BCUT2D eigenvalue weighted by molar-refractivity contribution is -0.276. The van der Waals surface area contributed by atoms with E-state index in [1.54, 1.807) is 0 Å². The first-order valence-corrected chi connectivity index (χ1v) is 16.7. The van der Waals surface area contributed by atoms with Crippen LogP contribution in [0.5, 0.6) is 0 Å². The van der Waals surface area contributed by atoms with Crippen LogP contribution in [0.1, 0.15) is 67.3 Å². The van der Waals surface area contributed by atoms with E-state index in [0.29, 0.717) is 6.04 Å². The number of amides is 1. The van der Waals surface area contributed by atoms with Gasteiger partial charge in [-0.1, -0.05) is 127 Å². The lowest BCUT2D eigenvalue weighted by Gasteiger charge is -2.43. The van der Waals surface area contributed by atoms with Gasteiger partial charge in [0.15, 0.2) is 6.29 Å². The Hall–Kier alpha value is -2.42. The number of aliphatic hydroxyl groups excluding tert-OH is 1. The molecule has 3 aromatic rings. The molecule has 1 saturated carbocycles. The Morgan fingerprint density at radius 1 is 0.978 bits per heavy atom. The van der Waals surface area contributed by atoms with Gasteiger partial charge in [0.1, 0.15) is 0 Å². The largest absolute Gasteiger partial charge is 0.392 e. The van der Waals surface area contributed by atoms with Crippen LogP contribution in [0, 0.1) is 5.92 Å². The Morgan fingerprint density at radius 3 is 2.31 bits per heavy atom. The van der Waals surface area contributed by atoms with Crippen LogP contribution in [-0.4, -0.2) is 44.9 Å². The Morgan fingerprint density at radius 2 is 1.67 bits per heavy atom. The first-order chi connectivity index (χ1) is 21.7. The fourth-order valence-electron chi connectivity index (χ4n) is 6.34. The summed E-state index contributed by atoms with van der Waals surface area (Å²) in [5.41, 5.74) is 5.79. The van der Waals surface area contributed by atoms with Crippen molar-refractivity contribution in [1.29, 1.82) is 0 Å². The van der Waals surface area contributed by atoms with Gasteiger partial charge in [0.05, 0.1) is 18.8 Å². The van der Waals surface area contributed by atoms with Crippen LogP contribution in [0.15, 0.2) is 85.5 Å². The number of ether oxygens (including phenoxy) is 2. The number of hydrogen-bond donors (Lipinski definition) is 2. The summed E-state index contributed by atoms with van der Waals surface area (Å²) in [4.78, 5) is 14.5. The molecule has 45 heavy (non-hydrogen) atoms. The lowest BCUT2D eigenvalue weighted by Crippen LogP contribution is -2.47. The number of alkyl halides is 3. The van der Waals surface area contributed by atoms with E-state index >= 15 is 0 Å². The Labute approximate surface area is 281 Å². The summed E-state index contributed by atoms with van der Waals surface area (Å²) >= 11 is 17.0. The summed E-state index contributed by atoms with van der Waals surface area (Å²) in [7, 11) is 0. The Balaban J connectivity index is 1.36. The molecule has 4 atom stereocenters. The number of rotatable bonds is 11. The van der Waals surface area contributed by atoms with E-state index in [4.69, 9.17) is 44.3 Å². The van der Waals surface area contributed by atoms with Gasteiger partial charge in [0.25, 0.3) is 9.70 Å². The molecule has 1 aliphatic carbocycles. The molecule has 6 nitrogen and oxygen atoms in total. The van der Waals surface area contributed by atoms with Gasteiger partial charge >= 0.3 is 0 Å². The highest BCUT2D eigenvalue weighted by molar-refractivity contribution is 6.76. The van der Waals surface area contributed by atoms with Crippen molar-refractivity contribution < 1.29 is 19.4 Å². The smallest absolute Gasteiger partial charge is 0.272 e. The first kappa shape index (κ1) is 33.9. The minimum atomic E-state index is -2.00. The molecule has 1 saturated heterocycles. The maximum absolute atomic E-state index is 12.0. The second-order valence-electron chi connectivity index (χ2n) is 12.0. The Bertz CT molecular complexity index is 1420. The average Bonchev–Trinajstić information content (AvgIpc) is 3.59. The van der Waals surface area contributed by atoms with E-state index in [1.807, 2.05) is 42.5 Å². The van der Waals surface area contributed by atoms with Crippen LogP contribution >= 0.6 is 34.8 Å². The van der Waals surface area contributed by atoms with Crippen LogP contribution in [0.4, 0.5) is 0 Å². The van der Waals surface area contributed by atoms with Crippen molar-refractivity contribution in [3.8, 4) is 11.1 Å². The number of nitrogens with one attached hydrogen (secondary N) is 1. The lowest BCUT2D eigenvalue weighted by atomic mass is 9.89. The quantitative estimate of drug-likeness (QED) is 0.160. The van der Waals surface area contributed by atoms with Crippen molar-refractivity contribution in [1.82, 2.24) is 10.2 Å². The number of hydrogen-bond acceptors (Lipinski definition) is 5. The molecule has 0 spiro atoms. The van der Waals surface area contributed by atoms with Gasteiger partial charge in [-0.15, -0.1) is 6.58 Å². The minimum absolute atomic E-state index is 0.00642. The van der Waals surface area contributed by atoms with Crippen LogP contribution in [0.3, 0.4) is 0 Å². The fraction of sp³-hybridized carbons (Fsp3) is 0.417. The van der Waals surface area contributed by atoms with Gasteiger partial charge in [-0.05, 0) is 46.7 Å². The van der Waals surface area contributed by atoms with Crippen LogP contribution in [0.2, 0.25) is 0 Å². The molecule has 4 unspecified atom stereocenters. The second-order valence-corrected chi connectivity index (χ2v) is 14.3. The molecular weight excluding hydrogens is 631 g/mol. The Kier molecular flexibility index (Phi) is 11.6. The molecule has 0 aromatic heterocycles. The third-order valence-electron chi connectivity index (χ3n) is 8.90. The zero-order chi connectivity index (χ0) is 32.0. The molecule has 9 heteroatoms. The number of aliphatic hydroxyl groups is 1. The van der Waals surface area contributed by atoms with Gasteiger partial charge in [0.2, 0.25) is 0 Å². The molecule has 3 aromatic carbocycles. The molecule has 1 heterocycles. The average molecular weight is 672 g/mol. The van der Waals surface area contributed by atoms with Gasteiger partial charge in [-0.3, -0.25) is 9.69 Å². The third-order valence-corrected chi connectivity index (χ3v) is 9.41. The fourth-order valence-corrected chi connectivity index (χ4v) is 6.54. The highest BCUT2D eigenvalue weighted by Crippen LogP contribution is 2.42. The monoisotopic (exact) mass is 670 g/mol. The van der Waals surface area contributed by atoms with Crippen molar-refractivity contribution in [2.75, 3.05) is 13.1 Å². The van der Waals surface area contributed by atoms with Gasteiger partial charge < -0.3 is 19.9 Å². The third kappa shape index (κ3) is 8.69. The maximum atomic E-state index is 12.0. The zero-order valence-corrected chi connectivity index (χ0v) is 27.8. The van der Waals surface area contributed by atoms with E-state index in [1.165, 1.54) is 25.7 Å². The predicted octanol–water partition coefficient (Wildman–Crippen LogP) is 8.05. The first-order valence-electron chi connectivity index (χ1n) is 15.6. The number of halogens is 3. The van der Waals surface area contributed by atoms with Crippen LogP contribution in [-0.2, 0) is 27.4 Å². The van der Waals surface area contributed by atoms with Crippen molar-refractivity contribution in [3.63, 3.8) is 0 Å². The predicted molar refractivity (Wildman–Crippen MR) is 181 cm³/mol. The number of benzene rings is 3. The van der Waals surface area contributed by atoms with E-state index in [2.05, 4.69) is 60.1 Å². The van der Waals surface area contributed by atoms with Gasteiger partial charge in [-0.2, -0.15) is 0 Å². The molecule has 1 aliphatic heterocycles. The molecule has 1 amide bonds. The van der Waals surface area contributed by atoms with E-state index in [9.17, 15) is 9.90 Å². The van der Waals surface area contributed by atoms with E-state index in [0.717, 1.165) is 46.5 Å². The van der Waals surface area contributed by atoms with Crippen molar-refractivity contribution in [3.05, 3.63) is 108 Å². The highest BCUT2D eigenvalue weighted by atomic mass is 35.6. The van der Waals surface area contributed by atoms with Gasteiger partial charge in [-0.25, -0.2) is 0 Å². The molecule has 240 valence electrons. The number of nitrogens with zero attached hydrogens (tertiary/aromatic N) is 1. The molecular formula is C36H41Cl3N2O4. The normalized spacial score (nSPS) is 22.4. The summed E-state index contributed by atoms with van der Waals surface area (Å²) in [6, 6.07) is 24.7. The van der Waals surface area contributed by atoms with Crippen molar-refractivity contribution >= 4 is 40.7 Å². The molecule has 2 aliphatic rings. The van der Waals surface area contributed by atoms with Crippen LogP contribution in [0.25, 0.3) is 11.1 Å². The van der Waals surface area contributed by atoms with Crippen LogP contribution < -0.4 is 5.32 Å². The summed E-state index contributed by atoms with van der Waals surface area (Å²) in [6.45, 7) is 8.13. The summed E-state index contributed by atoms with van der Waals surface area (Å²) in [5.74, 6) is -0.556. The summed E-state index contributed by atoms with van der Waals surface area (Å²) in [6.07, 6.45) is 6.19. The maximum Gasteiger partial charge on any atom is 0.272 e. The minimum Gasteiger partial charge on any atom is -0.392 e. The van der Waals surface area contributed by atoms with E-state index < -0.39 is 16.0 Å². The van der Waals surface area contributed by atoms with Gasteiger partial charge in [0, 0.05) is 37.2 Å². The standard InChI is InChI=1S/C36H41Cl3N2O4/c1-3-19-41(31-9-4-5-10-31)22-32-24(2)33(28-13-11-25(23-42)12-14-28)45-34(44-32)29-17-15-27(16-18-29)30-8-6-7-26(20-30)21-40-35(43)36(37,38)39/h3,6-8,11-18,20,24,31-34,42H,1,4-5,9-10,19,21-23H2,2H3,(H,40,43). The topological polar surface area (TPSA) is 71.0 Å². The second kappa shape index (κ2) is 15.4. The van der Waals surface area contributed by atoms with Crippen molar-refractivity contribution in [2.45, 2.75) is 74.1 Å². The molecule has 0 radical (unpaired) electrons. The number of carbonyl (C=O) groups is 1. The molecule has 2 N–H and O–H groups in total. The van der Waals surface area contributed by atoms with E-state index in [-0.39, 0.29) is 31.3 Å². The summed E-state index contributed by atoms with van der Waals surface area (Å²) < 4.78 is 11.4. The SMILES string of the molecule is C=CCN(CC1OC(c2ccc(-c3cccc(CNC(=O)C(Cl)(Cl)Cl)c3)cc2)OC(c2ccc(CO)cc2)C1C)C1CCCC1. The highest BCUT2D eigenvalue weighted by Gasteiger charge is 2.40. The zero-order valence-electron chi connectivity index (χ0n) is 25.5. The molecule has 0 bridgehead atoms. The molecule has 5 rings (SSSR count). The van der Waals surface area contributed by atoms with Crippen molar-refractivity contribution in [2.24, 2.45) is 5.92 Å². The number of carbonyl (C=O) groups excluding carboxylic acids is 1. The summed E-state index contributed by atoms with van der Waals surface area (Å²) in [5, 5.41) is 12.2.